The summed E-state index contributed by atoms with van der Waals surface area (Å²) < 4.78 is 9.37. The fourth-order valence-electron chi connectivity index (χ4n) is 1.36. The number of methoxy groups -OCH3 is 1. The van der Waals surface area contributed by atoms with Crippen LogP contribution in [0.4, 0.5) is 5.82 Å². The van der Waals surface area contributed by atoms with Gasteiger partial charge in [-0.3, -0.25) is 4.79 Å². The summed E-state index contributed by atoms with van der Waals surface area (Å²) in [6.45, 7) is 2.08. The third kappa shape index (κ3) is 4.42. The number of aromatic nitrogens is 1. The third-order valence-electron chi connectivity index (χ3n) is 2.26. The van der Waals surface area contributed by atoms with Crippen molar-refractivity contribution in [2.45, 2.75) is 13.3 Å². The Bertz CT molecular complexity index is 497. The van der Waals surface area contributed by atoms with Crippen molar-refractivity contribution in [1.29, 1.82) is 0 Å². The van der Waals surface area contributed by atoms with Crippen LogP contribution in [0.3, 0.4) is 0 Å². The van der Waals surface area contributed by atoms with Gasteiger partial charge in [-0.1, -0.05) is 12.2 Å². The van der Waals surface area contributed by atoms with Crippen LogP contribution in [0, 0.1) is 0 Å². The predicted octanol–water partition coefficient (Wildman–Crippen LogP) is 1.42. The first-order valence-corrected chi connectivity index (χ1v) is 5.74. The van der Waals surface area contributed by atoms with Gasteiger partial charge in [0.2, 0.25) is 0 Å². The summed E-state index contributed by atoms with van der Waals surface area (Å²) in [4.78, 5) is 26.4. The number of carbonyl (C=O) groups is 2. The highest BCUT2D eigenvalue weighted by Gasteiger charge is 2.08. The average molecular weight is 264 g/mol. The molecule has 0 bridgehead atoms. The van der Waals surface area contributed by atoms with Gasteiger partial charge < -0.3 is 15.2 Å². The summed E-state index contributed by atoms with van der Waals surface area (Å²) in [6.07, 6.45) is 4.69. The minimum Gasteiger partial charge on any atom is -0.466 e. The molecule has 6 heteroatoms. The fraction of sp³-hybridized carbons (Fsp3) is 0.308. The van der Waals surface area contributed by atoms with Crippen molar-refractivity contribution in [3.8, 4) is 0 Å². The molecule has 0 saturated carbocycles. The van der Waals surface area contributed by atoms with E-state index < -0.39 is 5.97 Å². The molecule has 0 saturated heterocycles. The van der Waals surface area contributed by atoms with Gasteiger partial charge in [-0.05, 0) is 13.0 Å². The summed E-state index contributed by atoms with van der Waals surface area (Å²) in [6, 6.07) is 1.55. The van der Waals surface area contributed by atoms with E-state index in [-0.39, 0.29) is 18.2 Å². The lowest BCUT2D eigenvalue weighted by Gasteiger charge is -2.03. The molecule has 1 heterocycles. The molecular formula is C13H16N2O4. The molecule has 0 spiro atoms. The number of nitrogens with two attached hydrogens (primary N) is 1. The molecule has 102 valence electrons. The van der Waals surface area contributed by atoms with Crippen LogP contribution in [-0.4, -0.2) is 30.6 Å². The van der Waals surface area contributed by atoms with Gasteiger partial charge in [-0.15, -0.1) is 0 Å². The highest BCUT2D eigenvalue weighted by atomic mass is 16.5. The molecule has 2 N–H and O–H groups in total. The lowest BCUT2D eigenvalue weighted by molar-refractivity contribution is -0.142. The largest absolute Gasteiger partial charge is 0.466 e. The quantitative estimate of drug-likeness (QED) is 0.808. The fourth-order valence-corrected chi connectivity index (χ4v) is 1.36. The van der Waals surface area contributed by atoms with Crippen LogP contribution >= 0.6 is 0 Å². The Morgan fingerprint density at radius 2 is 2.21 bits per heavy atom. The molecule has 1 aromatic rings. The number of hydrogen-bond donors (Lipinski definition) is 1. The zero-order chi connectivity index (χ0) is 14.3. The molecule has 0 aromatic carbocycles. The molecule has 0 aliphatic heterocycles. The second-order valence-electron chi connectivity index (χ2n) is 3.60. The van der Waals surface area contributed by atoms with E-state index in [2.05, 4.69) is 9.72 Å². The molecule has 0 aliphatic carbocycles. The number of pyridine rings is 1. The van der Waals surface area contributed by atoms with Gasteiger partial charge >= 0.3 is 11.9 Å². The first kappa shape index (κ1) is 14.7. The van der Waals surface area contributed by atoms with E-state index in [4.69, 9.17) is 10.5 Å². The molecule has 6 nitrogen and oxygen atoms in total. The maximum Gasteiger partial charge on any atom is 0.339 e. The standard InChI is InChI=1S/C13H16N2O4/c1-3-19-11(16)6-4-5-9-7-10(13(17)18-2)8-15-12(9)14/h4-5,7-8H,3,6H2,1-2H3,(H2,14,15). The summed E-state index contributed by atoms with van der Waals surface area (Å²) in [5, 5.41) is 0. The second kappa shape index (κ2) is 7.15. The van der Waals surface area contributed by atoms with Crippen molar-refractivity contribution in [3.05, 3.63) is 29.5 Å². The highest BCUT2D eigenvalue weighted by Crippen LogP contribution is 2.14. The van der Waals surface area contributed by atoms with Crippen LogP contribution in [-0.2, 0) is 14.3 Å². The molecule has 1 aromatic heterocycles. The van der Waals surface area contributed by atoms with Gasteiger partial charge in [0.25, 0.3) is 0 Å². The minimum absolute atomic E-state index is 0.135. The van der Waals surface area contributed by atoms with Crippen LogP contribution < -0.4 is 5.73 Å². The number of hydrogen-bond acceptors (Lipinski definition) is 6. The smallest absolute Gasteiger partial charge is 0.339 e. The molecular weight excluding hydrogens is 248 g/mol. The predicted molar refractivity (Wildman–Crippen MR) is 70.3 cm³/mol. The average Bonchev–Trinajstić information content (AvgIpc) is 2.40. The van der Waals surface area contributed by atoms with Crippen molar-refractivity contribution in [3.63, 3.8) is 0 Å². The molecule has 0 aliphatic rings. The molecule has 1 rings (SSSR count). The maximum atomic E-state index is 11.3. The van der Waals surface area contributed by atoms with E-state index in [0.717, 1.165) is 0 Å². The number of ether oxygens (including phenoxy) is 2. The van der Waals surface area contributed by atoms with E-state index in [0.29, 0.717) is 17.7 Å². The topological polar surface area (TPSA) is 91.5 Å². The van der Waals surface area contributed by atoms with E-state index in [9.17, 15) is 9.59 Å². The van der Waals surface area contributed by atoms with E-state index in [1.54, 1.807) is 25.1 Å². The zero-order valence-corrected chi connectivity index (χ0v) is 10.9. The first-order chi connectivity index (χ1) is 9.08. The number of nitrogens with zero attached hydrogens (tertiary/aromatic N) is 1. The van der Waals surface area contributed by atoms with Crippen molar-refractivity contribution >= 4 is 23.8 Å². The van der Waals surface area contributed by atoms with Gasteiger partial charge in [-0.25, -0.2) is 9.78 Å². The monoisotopic (exact) mass is 264 g/mol. The van der Waals surface area contributed by atoms with Crippen LogP contribution in [0.5, 0.6) is 0 Å². The lowest BCUT2D eigenvalue weighted by atomic mass is 10.1. The van der Waals surface area contributed by atoms with E-state index in [1.165, 1.54) is 13.3 Å². The Morgan fingerprint density at radius 3 is 2.84 bits per heavy atom. The second-order valence-corrected chi connectivity index (χ2v) is 3.60. The Kier molecular flexibility index (Phi) is 5.53. The number of anilines is 1. The van der Waals surface area contributed by atoms with Crippen molar-refractivity contribution in [2.24, 2.45) is 0 Å². The first-order valence-electron chi connectivity index (χ1n) is 5.74. The van der Waals surface area contributed by atoms with Crippen molar-refractivity contribution in [1.82, 2.24) is 4.98 Å². The highest BCUT2D eigenvalue weighted by molar-refractivity contribution is 5.90. The van der Waals surface area contributed by atoms with Crippen molar-refractivity contribution < 1.29 is 19.1 Å². The zero-order valence-electron chi connectivity index (χ0n) is 10.9. The maximum absolute atomic E-state index is 11.3. The minimum atomic E-state index is -0.493. The number of rotatable bonds is 5. The molecule has 19 heavy (non-hydrogen) atoms. The Morgan fingerprint density at radius 1 is 1.47 bits per heavy atom. The summed E-state index contributed by atoms with van der Waals surface area (Å²) in [5.74, 6) is -0.547. The lowest BCUT2D eigenvalue weighted by Crippen LogP contribution is -2.04. The number of carbonyl (C=O) groups excluding carboxylic acids is 2. The van der Waals surface area contributed by atoms with Gasteiger partial charge in [-0.2, -0.15) is 0 Å². The Labute approximate surface area is 111 Å². The van der Waals surface area contributed by atoms with E-state index in [1.807, 2.05) is 0 Å². The molecule has 0 radical (unpaired) electrons. The number of esters is 2. The molecule has 0 atom stereocenters. The van der Waals surface area contributed by atoms with Gasteiger partial charge in [0.1, 0.15) is 5.82 Å². The van der Waals surface area contributed by atoms with Crippen LogP contribution in [0.25, 0.3) is 6.08 Å². The molecule has 0 amide bonds. The summed E-state index contributed by atoms with van der Waals surface area (Å²) >= 11 is 0. The van der Waals surface area contributed by atoms with Gasteiger partial charge in [0.05, 0.1) is 25.7 Å². The van der Waals surface area contributed by atoms with Crippen molar-refractivity contribution in [2.75, 3.05) is 19.5 Å². The van der Waals surface area contributed by atoms with Crippen LogP contribution in [0.2, 0.25) is 0 Å². The Hall–Kier alpha value is -2.37. The summed E-state index contributed by atoms with van der Waals surface area (Å²) in [7, 11) is 1.29. The normalized spacial score (nSPS) is 10.4. The van der Waals surface area contributed by atoms with Crippen LogP contribution in [0.15, 0.2) is 18.3 Å². The Balaban J connectivity index is 2.79. The SMILES string of the molecule is CCOC(=O)CC=Cc1cc(C(=O)OC)cnc1N. The molecule has 0 unspecified atom stereocenters. The summed E-state index contributed by atoms with van der Waals surface area (Å²) in [5.41, 5.74) is 6.52. The van der Waals surface area contributed by atoms with Gasteiger partial charge in [0.15, 0.2) is 0 Å². The number of nitrogen functional groups attached to an aromatic ring is 1. The third-order valence-corrected chi connectivity index (χ3v) is 2.26. The van der Waals surface area contributed by atoms with Crippen LogP contribution in [0.1, 0.15) is 29.3 Å². The van der Waals surface area contributed by atoms with E-state index >= 15 is 0 Å². The molecule has 0 fully saturated rings. The van der Waals surface area contributed by atoms with Gasteiger partial charge in [0, 0.05) is 11.8 Å².